The van der Waals surface area contributed by atoms with Crippen LogP contribution in [0.15, 0.2) is 34.3 Å². The first-order valence-electron chi connectivity index (χ1n) is 17.2. The monoisotopic (exact) mass is 633 g/mol. The summed E-state index contributed by atoms with van der Waals surface area (Å²) < 4.78 is 0. The smallest absolute Gasteiger partial charge is 0.128 e. The van der Waals surface area contributed by atoms with Crippen molar-refractivity contribution >= 4 is 12.4 Å². The van der Waals surface area contributed by atoms with Crippen molar-refractivity contribution in [3.63, 3.8) is 0 Å². The predicted molar refractivity (Wildman–Crippen MR) is 197 cm³/mol. The van der Waals surface area contributed by atoms with Gasteiger partial charge in [-0.05, 0) is 103 Å². The quantitative estimate of drug-likeness (QED) is 0.285. The van der Waals surface area contributed by atoms with E-state index in [2.05, 4.69) is 131 Å². The first-order chi connectivity index (χ1) is 21.0. The lowest BCUT2D eigenvalue weighted by Gasteiger charge is -2.43. The average molecular weight is 633 g/mol. The molecule has 2 unspecified atom stereocenters. The van der Waals surface area contributed by atoms with Crippen molar-refractivity contribution in [2.24, 2.45) is 9.98 Å². The molecule has 2 aromatic carbocycles. The van der Waals surface area contributed by atoms with E-state index < -0.39 is 0 Å². The summed E-state index contributed by atoms with van der Waals surface area (Å²) in [6.45, 7) is 27.0. The number of phenols is 2. The number of hydrogen-bond donors (Lipinski definition) is 2. The van der Waals surface area contributed by atoms with E-state index in [9.17, 15) is 10.2 Å². The molecule has 2 atom stereocenters. The van der Waals surface area contributed by atoms with Gasteiger partial charge in [0.15, 0.2) is 0 Å². The summed E-state index contributed by atoms with van der Waals surface area (Å²) in [5.74, 6) is 0.642. The lowest BCUT2D eigenvalue weighted by atomic mass is 9.84. The fourth-order valence-electron chi connectivity index (χ4n) is 6.16. The van der Waals surface area contributed by atoms with Crippen LogP contribution in [0, 0.1) is 0 Å². The summed E-state index contributed by atoms with van der Waals surface area (Å²) in [5, 5.41) is 22.9. The highest BCUT2D eigenvalue weighted by atomic mass is 16.3. The minimum atomic E-state index is -0.220. The number of hydrogen-bond acceptors (Lipinski definition) is 6. The van der Waals surface area contributed by atoms with Gasteiger partial charge in [-0.3, -0.25) is 19.8 Å². The summed E-state index contributed by atoms with van der Waals surface area (Å²) in [6, 6.07) is 9.17. The molecule has 0 amide bonds. The molecule has 2 N–H and O–H groups in total. The molecule has 256 valence electrons. The van der Waals surface area contributed by atoms with E-state index in [0.29, 0.717) is 36.7 Å². The highest BCUT2D eigenvalue weighted by Crippen LogP contribution is 2.36. The molecule has 1 aliphatic carbocycles. The molecule has 0 radical (unpaired) electrons. The molecule has 6 nitrogen and oxygen atoms in total. The van der Waals surface area contributed by atoms with Gasteiger partial charge in [0, 0.05) is 59.9 Å². The van der Waals surface area contributed by atoms with Gasteiger partial charge >= 0.3 is 0 Å². The van der Waals surface area contributed by atoms with Gasteiger partial charge in [-0.1, -0.05) is 66.5 Å². The number of rotatable bonds is 8. The summed E-state index contributed by atoms with van der Waals surface area (Å²) in [5.41, 5.74) is 5.28. The number of benzene rings is 2. The van der Waals surface area contributed by atoms with Crippen LogP contribution in [0.5, 0.6) is 11.5 Å². The second kappa shape index (κ2) is 14.2. The largest absolute Gasteiger partial charge is 0.507 e. The SMILES string of the molecule is CN(Cc1cc(C(C)(C)C)cc(/C=N/C(C)(C)C)c1O)C1CCCCC1N(C)Cc1cc(C(C)(C)C)cc(/C=N/C(C)(C)C)c1O. The van der Waals surface area contributed by atoms with E-state index in [0.717, 1.165) is 35.1 Å². The Balaban J connectivity index is 1.94. The van der Waals surface area contributed by atoms with Crippen molar-refractivity contribution in [1.29, 1.82) is 0 Å². The van der Waals surface area contributed by atoms with Crippen LogP contribution in [0.3, 0.4) is 0 Å². The molecule has 0 saturated heterocycles. The molecule has 6 heteroatoms. The summed E-state index contributed by atoms with van der Waals surface area (Å²) in [7, 11) is 4.39. The van der Waals surface area contributed by atoms with Gasteiger partial charge in [-0.2, -0.15) is 0 Å². The molecule has 0 bridgehead atoms. The molecule has 1 saturated carbocycles. The van der Waals surface area contributed by atoms with Crippen LogP contribution < -0.4 is 0 Å². The first-order valence-corrected chi connectivity index (χ1v) is 17.2. The maximum absolute atomic E-state index is 11.5. The Kier molecular flexibility index (Phi) is 11.6. The van der Waals surface area contributed by atoms with E-state index >= 15 is 0 Å². The zero-order valence-electron chi connectivity index (χ0n) is 31.5. The second-order valence-electron chi connectivity index (χ2n) is 17.8. The fourth-order valence-corrected chi connectivity index (χ4v) is 6.16. The third-order valence-electron chi connectivity index (χ3n) is 9.02. The highest BCUT2D eigenvalue weighted by Gasteiger charge is 2.33. The Hall–Kier alpha value is -2.70. The maximum atomic E-state index is 11.5. The predicted octanol–water partition coefficient (Wildman–Crippen LogP) is 9.00. The van der Waals surface area contributed by atoms with Crippen LogP contribution in [0.2, 0.25) is 0 Å². The second-order valence-corrected chi connectivity index (χ2v) is 17.8. The van der Waals surface area contributed by atoms with Crippen molar-refractivity contribution in [3.05, 3.63) is 57.6 Å². The third-order valence-corrected chi connectivity index (χ3v) is 9.02. The van der Waals surface area contributed by atoms with Crippen molar-refractivity contribution in [3.8, 4) is 11.5 Å². The first kappa shape index (κ1) is 37.8. The van der Waals surface area contributed by atoms with Crippen LogP contribution >= 0.6 is 0 Å². The normalized spacial score (nSPS) is 18.9. The van der Waals surface area contributed by atoms with Crippen LogP contribution in [0.4, 0.5) is 0 Å². The molecule has 0 heterocycles. The lowest BCUT2D eigenvalue weighted by molar-refractivity contribution is 0.0684. The van der Waals surface area contributed by atoms with Gasteiger partial charge in [-0.15, -0.1) is 0 Å². The van der Waals surface area contributed by atoms with Crippen LogP contribution in [-0.2, 0) is 23.9 Å². The number of aliphatic imine (C=N–C) groups is 2. The standard InChI is InChI=1S/C40H64N4O2/c1-37(2,3)31-19-27(23-41-39(7,8)9)35(45)29(21-31)25-43(13)33-17-15-16-18-34(33)44(14)26-30-22-32(38(4,5)6)20-28(36(30)46)24-42-40(10,11)12/h19-24,33-34,45-46H,15-18,25-26H2,1-14H3/b41-23+,42-24+. The molecular weight excluding hydrogens is 568 g/mol. The number of aromatic hydroxyl groups is 2. The Morgan fingerprint density at radius 1 is 0.609 bits per heavy atom. The Morgan fingerprint density at radius 3 is 1.22 bits per heavy atom. The Labute approximate surface area is 281 Å². The van der Waals surface area contributed by atoms with Gasteiger partial charge < -0.3 is 10.2 Å². The Morgan fingerprint density at radius 2 is 0.935 bits per heavy atom. The van der Waals surface area contributed by atoms with E-state index in [-0.39, 0.29) is 21.9 Å². The molecular formula is C40H64N4O2. The van der Waals surface area contributed by atoms with Gasteiger partial charge in [0.05, 0.1) is 11.1 Å². The van der Waals surface area contributed by atoms with Crippen LogP contribution in [-0.4, -0.2) is 69.7 Å². The third kappa shape index (κ3) is 10.4. The van der Waals surface area contributed by atoms with Gasteiger partial charge in [0.1, 0.15) is 11.5 Å². The fraction of sp³-hybridized carbons (Fsp3) is 0.650. The minimum Gasteiger partial charge on any atom is -0.507 e. The maximum Gasteiger partial charge on any atom is 0.128 e. The zero-order valence-corrected chi connectivity index (χ0v) is 31.5. The summed E-state index contributed by atoms with van der Waals surface area (Å²) in [6.07, 6.45) is 8.25. The van der Waals surface area contributed by atoms with Gasteiger partial charge in [0.25, 0.3) is 0 Å². The van der Waals surface area contributed by atoms with Gasteiger partial charge in [-0.25, -0.2) is 0 Å². The van der Waals surface area contributed by atoms with Crippen molar-refractivity contribution in [2.75, 3.05) is 14.1 Å². The van der Waals surface area contributed by atoms with E-state index in [1.807, 2.05) is 12.4 Å². The minimum absolute atomic E-state index is 0.0566. The number of likely N-dealkylation sites (N-methyl/N-ethyl adjacent to an activating group) is 2. The molecule has 0 aliphatic heterocycles. The Bertz CT molecular complexity index is 1290. The van der Waals surface area contributed by atoms with Crippen LogP contribution in [0.25, 0.3) is 0 Å². The van der Waals surface area contributed by atoms with E-state index in [1.54, 1.807) is 0 Å². The molecule has 3 rings (SSSR count). The van der Waals surface area contributed by atoms with Crippen molar-refractivity contribution in [1.82, 2.24) is 9.80 Å². The summed E-state index contributed by atoms with van der Waals surface area (Å²) >= 11 is 0. The summed E-state index contributed by atoms with van der Waals surface area (Å²) in [4.78, 5) is 14.3. The number of nitrogens with zero attached hydrogens (tertiary/aromatic N) is 4. The van der Waals surface area contributed by atoms with Crippen LogP contribution in [0.1, 0.15) is 142 Å². The van der Waals surface area contributed by atoms with Gasteiger partial charge in [0.2, 0.25) is 0 Å². The molecule has 2 aromatic rings. The van der Waals surface area contributed by atoms with E-state index in [4.69, 9.17) is 9.98 Å². The molecule has 46 heavy (non-hydrogen) atoms. The molecule has 1 aliphatic rings. The topological polar surface area (TPSA) is 71.7 Å². The van der Waals surface area contributed by atoms with Crippen molar-refractivity contribution < 1.29 is 10.2 Å². The number of phenolic OH excluding ortho intramolecular Hbond substituents is 2. The molecule has 0 spiro atoms. The highest BCUT2D eigenvalue weighted by molar-refractivity contribution is 5.85. The average Bonchev–Trinajstić information content (AvgIpc) is 2.91. The lowest BCUT2D eigenvalue weighted by Crippen LogP contribution is -2.50. The molecule has 0 aromatic heterocycles. The van der Waals surface area contributed by atoms with Crippen molar-refractivity contribution in [2.45, 2.75) is 156 Å². The van der Waals surface area contributed by atoms with E-state index in [1.165, 1.54) is 24.0 Å². The zero-order chi connectivity index (χ0) is 34.8. The molecule has 1 fully saturated rings.